The minimum atomic E-state index is -0.530. The van der Waals surface area contributed by atoms with Crippen molar-refractivity contribution >= 4 is 58.0 Å². The number of hydrogen-bond acceptors (Lipinski definition) is 0. The van der Waals surface area contributed by atoms with Crippen molar-refractivity contribution in [2.24, 2.45) is 0 Å². The van der Waals surface area contributed by atoms with Crippen molar-refractivity contribution in [3.05, 3.63) is 137 Å². The molecule has 0 aliphatic carbocycles. The van der Waals surface area contributed by atoms with E-state index >= 15 is 0 Å². The molecule has 0 amide bonds. The maximum atomic E-state index is 12.3. The molecule has 0 bridgehead atoms. The molecule has 4 aromatic carbocycles. The van der Waals surface area contributed by atoms with Crippen LogP contribution >= 0.6 is 58.0 Å². The molecule has 0 unspecified atom stereocenters. The van der Waals surface area contributed by atoms with Gasteiger partial charge in [-0.1, -0.05) is 112 Å². The summed E-state index contributed by atoms with van der Waals surface area (Å²) in [5, 5.41) is 2.70. The van der Waals surface area contributed by atoms with Crippen molar-refractivity contribution in [3.8, 4) is 0 Å². The lowest BCUT2D eigenvalue weighted by Gasteiger charge is -2.00. The highest BCUT2D eigenvalue weighted by atomic mass is 35.5. The molecule has 0 atom stereocenters. The van der Waals surface area contributed by atoms with Crippen molar-refractivity contribution < 1.29 is 8.78 Å². The summed E-state index contributed by atoms with van der Waals surface area (Å²) in [6.45, 7) is 9.64. The van der Waals surface area contributed by atoms with Crippen LogP contribution in [-0.2, 0) is 0 Å². The van der Waals surface area contributed by atoms with Crippen LogP contribution < -0.4 is 0 Å². The molecule has 0 N–H and O–H groups in total. The number of halogens is 7. The highest BCUT2D eigenvalue weighted by Gasteiger charge is 2.03. The van der Waals surface area contributed by atoms with Gasteiger partial charge in [0.15, 0.2) is 0 Å². The predicted octanol–water partition coefficient (Wildman–Crippen LogP) is 11.8. The van der Waals surface area contributed by atoms with E-state index in [1.807, 2.05) is 32.0 Å². The van der Waals surface area contributed by atoms with Crippen LogP contribution in [0.3, 0.4) is 0 Å². The second-order valence-corrected chi connectivity index (χ2v) is 9.94. The van der Waals surface area contributed by atoms with Gasteiger partial charge in [0.25, 0.3) is 0 Å². The summed E-state index contributed by atoms with van der Waals surface area (Å²) in [7, 11) is 0. The SMILES string of the molecule is Cc1ccc(C)cc1.Cc1ccc(Cl)c(Cl)c1.Cc1ccc(Cl)c(Cl)c1Cl.Cc1ccc(F)cc1F. The fraction of sp³-hybridized carbons (Fsp3) is 0.172. The summed E-state index contributed by atoms with van der Waals surface area (Å²) < 4.78 is 24.4. The molecule has 192 valence electrons. The zero-order chi connectivity index (χ0) is 27.4. The van der Waals surface area contributed by atoms with Crippen molar-refractivity contribution in [1.29, 1.82) is 0 Å². The maximum Gasteiger partial charge on any atom is 0.129 e. The summed E-state index contributed by atoms with van der Waals surface area (Å²) in [5.41, 5.74) is 5.20. The van der Waals surface area contributed by atoms with Gasteiger partial charge >= 0.3 is 0 Å². The van der Waals surface area contributed by atoms with Crippen LogP contribution in [0.15, 0.2) is 72.8 Å². The van der Waals surface area contributed by atoms with E-state index in [-0.39, 0.29) is 0 Å². The van der Waals surface area contributed by atoms with Crippen LogP contribution in [0.25, 0.3) is 0 Å². The van der Waals surface area contributed by atoms with Gasteiger partial charge in [0.2, 0.25) is 0 Å². The normalized spacial score (nSPS) is 9.67. The average molecular weight is 591 g/mol. The minimum absolute atomic E-state index is 0.434. The summed E-state index contributed by atoms with van der Waals surface area (Å²) >= 11 is 28.5. The highest BCUT2D eigenvalue weighted by molar-refractivity contribution is 6.48. The Morgan fingerprint density at radius 2 is 0.917 bits per heavy atom. The quantitative estimate of drug-likeness (QED) is 0.179. The summed E-state index contributed by atoms with van der Waals surface area (Å²) in [5.74, 6) is -1.02. The smallest absolute Gasteiger partial charge is 0.129 e. The number of benzene rings is 4. The van der Waals surface area contributed by atoms with Gasteiger partial charge in [0.05, 0.1) is 25.1 Å². The van der Waals surface area contributed by atoms with Crippen molar-refractivity contribution in [2.75, 3.05) is 0 Å². The third-order valence-electron chi connectivity index (χ3n) is 4.66. The molecular formula is C29H27Cl5F2. The molecule has 0 radical (unpaired) electrons. The monoisotopic (exact) mass is 588 g/mol. The van der Waals surface area contributed by atoms with Gasteiger partial charge in [-0.15, -0.1) is 0 Å². The third kappa shape index (κ3) is 12.0. The van der Waals surface area contributed by atoms with Crippen molar-refractivity contribution in [2.45, 2.75) is 34.6 Å². The molecule has 0 nitrogen and oxygen atoms in total. The van der Waals surface area contributed by atoms with Gasteiger partial charge in [-0.3, -0.25) is 0 Å². The Morgan fingerprint density at radius 1 is 0.444 bits per heavy atom. The van der Waals surface area contributed by atoms with Crippen LogP contribution in [0, 0.1) is 46.3 Å². The lowest BCUT2D eigenvalue weighted by molar-refractivity contribution is 0.577. The van der Waals surface area contributed by atoms with Crippen molar-refractivity contribution in [3.63, 3.8) is 0 Å². The predicted molar refractivity (Wildman–Crippen MR) is 154 cm³/mol. The van der Waals surface area contributed by atoms with E-state index in [0.717, 1.165) is 17.2 Å². The summed E-state index contributed by atoms with van der Waals surface area (Å²) in [6.07, 6.45) is 0. The van der Waals surface area contributed by atoms with E-state index in [1.54, 1.807) is 19.1 Å². The Balaban J connectivity index is 0.000000241. The van der Waals surface area contributed by atoms with Gasteiger partial charge in [-0.25, -0.2) is 8.78 Å². The number of hydrogen-bond donors (Lipinski definition) is 0. The first kappa shape index (κ1) is 32.2. The standard InChI is InChI=1S/C8H10.C7H5Cl3.C7H6Cl2.C7H6F2/c1-7-3-5-8(2)6-4-7;1-4-2-3-5(8)7(10)6(4)9;1-5-2-3-6(8)7(9)4-5;1-5-2-3-6(8)4-7(5)9/h3-6H,1-2H3;2-3H,1H3;2*2-4H,1H3. The topological polar surface area (TPSA) is 0 Å². The van der Waals surface area contributed by atoms with E-state index in [2.05, 4.69) is 38.1 Å². The fourth-order valence-corrected chi connectivity index (χ4v) is 3.36. The second kappa shape index (κ2) is 16.1. The minimum Gasteiger partial charge on any atom is -0.207 e. The van der Waals surface area contributed by atoms with Gasteiger partial charge in [-0.2, -0.15) is 0 Å². The molecule has 4 rings (SSSR count). The van der Waals surface area contributed by atoms with Crippen LogP contribution in [0.1, 0.15) is 27.8 Å². The largest absolute Gasteiger partial charge is 0.207 e. The first-order valence-corrected chi connectivity index (χ1v) is 12.7. The number of rotatable bonds is 0. The van der Waals surface area contributed by atoms with Gasteiger partial charge in [-0.05, 0) is 75.6 Å². The molecule has 0 aliphatic rings. The Labute approximate surface area is 237 Å². The van der Waals surface area contributed by atoms with E-state index in [0.29, 0.717) is 30.7 Å². The Hall–Kier alpha value is -1.81. The Kier molecular flexibility index (Phi) is 14.4. The van der Waals surface area contributed by atoms with Gasteiger partial charge in [0, 0.05) is 6.07 Å². The molecule has 0 aromatic heterocycles. The molecule has 4 aromatic rings. The molecule has 7 heteroatoms. The van der Waals surface area contributed by atoms with Crippen LogP contribution in [-0.4, -0.2) is 0 Å². The summed E-state index contributed by atoms with van der Waals surface area (Å²) in [4.78, 5) is 0. The fourth-order valence-electron chi connectivity index (χ4n) is 2.43. The van der Waals surface area contributed by atoms with Gasteiger partial charge in [0.1, 0.15) is 11.6 Å². The van der Waals surface area contributed by atoms with Gasteiger partial charge < -0.3 is 0 Å². The summed E-state index contributed by atoms with van der Waals surface area (Å²) in [6, 6.07) is 21.1. The molecule has 0 saturated carbocycles. The maximum absolute atomic E-state index is 12.3. The molecule has 0 heterocycles. The lowest BCUT2D eigenvalue weighted by atomic mass is 10.2. The molecule has 0 spiro atoms. The molecule has 0 aliphatic heterocycles. The van der Waals surface area contributed by atoms with Crippen LogP contribution in [0.4, 0.5) is 8.78 Å². The Bertz CT molecular complexity index is 1160. The number of aryl methyl sites for hydroxylation is 5. The van der Waals surface area contributed by atoms with E-state index < -0.39 is 11.6 Å². The lowest BCUT2D eigenvalue weighted by Crippen LogP contribution is -1.81. The van der Waals surface area contributed by atoms with E-state index in [4.69, 9.17) is 58.0 Å². The molecule has 0 saturated heterocycles. The van der Waals surface area contributed by atoms with Crippen LogP contribution in [0.5, 0.6) is 0 Å². The van der Waals surface area contributed by atoms with E-state index in [9.17, 15) is 8.78 Å². The molecule has 36 heavy (non-hydrogen) atoms. The zero-order valence-corrected chi connectivity index (χ0v) is 24.4. The highest BCUT2D eigenvalue weighted by Crippen LogP contribution is 2.31. The second-order valence-electron chi connectivity index (χ2n) is 7.96. The van der Waals surface area contributed by atoms with E-state index in [1.165, 1.54) is 23.3 Å². The average Bonchev–Trinajstić information content (AvgIpc) is 2.83. The van der Waals surface area contributed by atoms with Crippen LogP contribution in [0.2, 0.25) is 25.1 Å². The first-order chi connectivity index (χ1) is 16.8. The molecular weight excluding hydrogens is 564 g/mol. The zero-order valence-electron chi connectivity index (χ0n) is 20.6. The van der Waals surface area contributed by atoms with Crippen molar-refractivity contribution in [1.82, 2.24) is 0 Å². The first-order valence-electron chi connectivity index (χ1n) is 10.8. The third-order valence-corrected chi connectivity index (χ3v) is 6.78. The Morgan fingerprint density at radius 3 is 1.33 bits per heavy atom. The molecule has 0 fully saturated rings.